The summed E-state index contributed by atoms with van der Waals surface area (Å²) in [4.78, 5) is 13.0. The number of benzene rings is 3. The molecule has 0 aliphatic rings. The lowest BCUT2D eigenvalue weighted by Gasteiger charge is -2.19. The average Bonchev–Trinajstić information content (AvgIpc) is 2.69. The number of amides is 1. The molecule has 3 aromatic rings. The minimum Gasteiger partial charge on any atom is -0.325 e. The second-order valence-corrected chi connectivity index (χ2v) is 8.25. The van der Waals surface area contributed by atoms with Crippen LogP contribution in [0.4, 0.5) is 5.69 Å². The van der Waals surface area contributed by atoms with Crippen LogP contribution in [0.3, 0.4) is 0 Å². The highest BCUT2D eigenvalue weighted by molar-refractivity contribution is 7.89. The van der Waals surface area contributed by atoms with E-state index in [9.17, 15) is 13.2 Å². The molecular weight excluding hydrogens is 372 g/mol. The van der Waals surface area contributed by atoms with Gasteiger partial charge in [0.05, 0.1) is 4.90 Å². The van der Waals surface area contributed by atoms with Crippen LogP contribution in [0.25, 0.3) is 0 Å². The lowest BCUT2D eigenvalue weighted by Crippen LogP contribution is -2.45. The molecule has 0 saturated heterocycles. The Morgan fingerprint density at radius 3 is 2.18 bits per heavy atom. The van der Waals surface area contributed by atoms with Gasteiger partial charge >= 0.3 is 0 Å². The van der Waals surface area contributed by atoms with Gasteiger partial charge in [-0.2, -0.15) is 4.72 Å². The summed E-state index contributed by atoms with van der Waals surface area (Å²) in [6.45, 7) is 1.93. The fourth-order valence-corrected chi connectivity index (χ4v) is 4.06. The zero-order valence-corrected chi connectivity index (χ0v) is 16.3. The monoisotopic (exact) mass is 394 g/mol. The first-order chi connectivity index (χ1) is 13.4. The Bertz CT molecular complexity index is 1040. The van der Waals surface area contributed by atoms with E-state index in [-0.39, 0.29) is 11.3 Å². The van der Waals surface area contributed by atoms with Gasteiger partial charge in [0.25, 0.3) is 0 Å². The summed E-state index contributed by atoms with van der Waals surface area (Å²) in [5.74, 6) is -0.408. The summed E-state index contributed by atoms with van der Waals surface area (Å²) in [5.41, 5.74) is 2.49. The maximum Gasteiger partial charge on any atom is 0.242 e. The number of anilines is 1. The van der Waals surface area contributed by atoms with Gasteiger partial charge in [-0.05, 0) is 48.7 Å². The number of aryl methyl sites for hydroxylation is 1. The largest absolute Gasteiger partial charge is 0.325 e. The van der Waals surface area contributed by atoms with Crippen LogP contribution in [0.15, 0.2) is 89.8 Å². The Morgan fingerprint density at radius 1 is 0.893 bits per heavy atom. The molecule has 0 saturated carbocycles. The second kappa shape index (κ2) is 8.82. The molecule has 0 aromatic heterocycles. The van der Waals surface area contributed by atoms with Gasteiger partial charge in [0.1, 0.15) is 6.04 Å². The standard InChI is InChI=1S/C22H22N2O3S/c1-17-9-8-12-19(15-17)23-22(25)21(16-18-10-4-2-5-11-18)24-28(26,27)20-13-6-3-7-14-20/h2-15,21,24H,16H2,1H3,(H,23,25)/t21-/m1/s1. The predicted molar refractivity (Wildman–Crippen MR) is 111 cm³/mol. The molecule has 3 rings (SSSR count). The number of carbonyl (C=O) groups excluding carboxylic acids is 1. The molecule has 1 amide bonds. The number of carbonyl (C=O) groups is 1. The van der Waals surface area contributed by atoms with Gasteiger partial charge in [0.2, 0.25) is 15.9 Å². The van der Waals surface area contributed by atoms with Crippen molar-refractivity contribution in [3.63, 3.8) is 0 Å². The number of rotatable bonds is 7. The summed E-state index contributed by atoms with van der Waals surface area (Å²) in [7, 11) is -3.84. The van der Waals surface area contributed by atoms with Crippen LogP contribution in [0.5, 0.6) is 0 Å². The van der Waals surface area contributed by atoms with Crippen molar-refractivity contribution >= 4 is 21.6 Å². The van der Waals surface area contributed by atoms with Crippen molar-refractivity contribution in [3.8, 4) is 0 Å². The molecule has 3 aromatic carbocycles. The van der Waals surface area contributed by atoms with E-state index in [0.717, 1.165) is 11.1 Å². The molecule has 0 spiro atoms. The summed E-state index contributed by atoms with van der Waals surface area (Å²) in [5, 5.41) is 2.81. The number of nitrogens with one attached hydrogen (secondary N) is 2. The molecule has 5 nitrogen and oxygen atoms in total. The van der Waals surface area contributed by atoms with E-state index in [0.29, 0.717) is 5.69 Å². The van der Waals surface area contributed by atoms with Crippen LogP contribution < -0.4 is 10.0 Å². The SMILES string of the molecule is Cc1cccc(NC(=O)[C@@H](Cc2ccccc2)NS(=O)(=O)c2ccccc2)c1. The van der Waals surface area contributed by atoms with Crippen LogP contribution in [0.1, 0.15) is 11.1 Å². The third-order valence-corrected chi connectivity index (χ3v) is 5.72. The van der Waals surface area contributed by atoms with Crippen molar-refractivity contribution in [2.75, 3.05) is 5.32 Å². The number of hydrogen-bond acceptors (Lipinski definition) is 3. The van der Waals surface area contributed by atoms with Gasteiger partial charge in [-0.3, -0.25) is 4.79 Å². The highest BCUT2D eigenvalue weighted by atomic mass is 32.2. The van der Waals surface area contributed by atoms with Gasteiger partial charge in [-0.25, -0.2) is 8.42 Å². The van der Waals surface area contributed by atoms with Crippen LogP contribution in [-0.4, -0.2) is 20.4 Å². The van der Waals surface area contributed by atoms with Gasteiger partial charge < -0.3 is 5.32 Å². The quantitative estimate of drug-likeness (QED) is 0.644. The third kappa shape index (κ3) is 5.28. The normalized spacial score (nSPS) is 12.3. The molecule has 6 heteroatoms. The Hall–Kier alpha value is -2.96. The molecule has 0 bridgehead atoms. The summed E-state index contributed by atoms with van der Waals surface area (Å²) in [6, 6.07) is 23.8. The first-order valence-corrected chi connectivity index (χ1v) is 10.4. The highest BCUT2D eigenvalue weighted by Crippen LogP contribution is 2.14. The average molecular weight is 394 g/mol. The van der Waals surface area contributed by atoms with E-state index in [1.165, 1.54) is 12.1 Å². The molecule has 0 heterocycles. The smallest absolute Gasteiger partial charge is 0.242 e. The Kier molecular flexibility index (Phi) is 6.23. The van der Waals surface area contributed by atoms with Crippen LogP contribution in [0.2, 0.25) is 0 Å². The van der Waals surface area contributed by atoms with E-state index in [1.54, 1.807) is 24.3 Å². The lowest BCUT2D eigenvalue weighted by atomic mass is 10.1. The number of sulfonamides is 1. The molecule has 28 heavy (non-hydrogen) atoms. The van der Waals surface area contributed by atoms with Crippen molar-refractivity contribution in [2.24, 2.45) is 0 Å². The second-order valence-electron chi connectivity index (χ2n) is 6.54. The van der Waals surface area contributed by atoms with E-state index >= 15 is 0 Å². The van der Waals surface area contributed by atoms with Crippen molar-refractivity contribution in [2.45, 2.75) is 24.3 Å². The number of hydrogen-bond donors (Lipinski definition) is 2. The Labute approximate surface area is 165 Å². The maximum atomic E-state index is 12.9. The van der Waals surface area contributed by atoms with Crippen LogP contribution >= 0.6 is 0 Å². The molecule has 1 atom stereocenters. The summed E-state index contributed by atoms with van der Waals surface area (Å²) < 4.78 is 28.1. The summed E-state index contributed by atoms with van der Waals surface area (Å²) >= 11 is 0. The van der Waals surface area contributed by atoms with Gasteiger partial charge in [0.15, 0.2) is 0 Å². The van der Waals surface area contributed by atoms with Crippen molar-refractivity contribution in [3.05, 3.63) is 96.1 Å². The maximum absolute atomic E-state index is 12.9. The zero-order chi connectivity index (χ0) is 20.0. The van der Waals surface area contributed by atoms with Gasteiger partial charge in [-0.15, -0.1) is 0 Å². The minimum absolute atomic E-state index is 0.122. The molecule has 0 unspecified atom stereocenters. The van der Waals surface area contributed by atoms with E-state index in [2.05, 4.69) is 10.0 Å². The van der Waals surface area contributed by atoms with E-state index in [1.807, 2.05) is 55.5 Å². The molecule has 144 valence electrons. The van der Waals surface area contributed by atoms with E-state index in [4.69, 9.17) is 0 Å². The van der Waals surface area contributed by atoms with Crippen molar-refractivity contribution in [1.82, 2.24) is 4.72 Å². The van der Waals surface area contributed by atoms with Crippen LogP contribution in [0, 0.1) is 6.92 Å². The molecule has 0 radical (unpaired) electrons. The molecule has 0 aliphatic carbocycles. The van der Waals surface area contributed by atoms with Crippen molar-refractivity contribution < 1.29 is 13.2 Å². The van der Waals surface area contributed by atoms with Crippen LogP contribution in [-0.2, 0) is 21.2 Å². The Balaban J connectivity index is 1.85. The zero-order valence-electron chi connectivity index (χ0n) is 15.5. The third-order valence-electron chi connectivity index (χ3n) is 4.24. The molecule has 0 fully saturated rings. The summed E-state index contributed by atoms with van der Waals surface area (Å²) in [6.07, 6.45) is 0.241. The van der Waals surface area contributed by atoms with Gasteiger partial charge in [-0.1, -0.05) is 60.7 Å². The van der Waals surface area contributed by atoms with Gasteiger partial charge in [0, 0.05) is 5.69 Å². The first kappa shape index (κ1) is 19.8. The molecule has 2 N–H and O–H groups in total. The fraction of sp³-hybridized carbons (Fsp3) is 0.136. The topological polar surface area (TPSA) is 75.3 Å². The van der Waals surface area contributed by atoms with E-state index < -0.39 is 22.0 Å². The molecule has 0 aliphatic heterocycles. The lowest BCUT2D eigenvalue weighted by molar-refractivity contribution is -0.117. The minimum atomic E-state index is -3.84. The van der Waals surface area contributed by atoms with Crippen molar-refractivity contribution in [1.29, 1.82) is 0 Å². The molecular formula is C22H22N2O3S. The fourth-order valence-electron chi connectivity index (χ4n) is 2.84. The highest BCUT2D eigenvalue weighted by Gasteiger charge is 2.26. The predicted octanol–water partition coefficient (Wildman–Crippen LogP) is 3.52. The Morgan fingerprint density at radius 2 is 1.54 bits per heavy atom. The first-order valence-electron chi connectivity index (χ1n) is 8.93.